The molecule has 2 nitrogen and oxygen atoms in total. The molecule has 2 heteroatoms. The Balaban J connectivity index is 1.76. The third-order valence-corrected chi connectivity index (χ3v) is 5.01. The Morgan fingerprint density at radius 1 is 0.815 bits per heavy atom. The fourth-order valence-electron chi connectivity index (χ4n) is 3.49. The van der Waals surface area contributed by atoms with Gasteiger partial charge in [0.2, 0.25) is 0 Å². The quantitative estimate of drug-likeness (QED) is 0.491. The molecule has 3 aromatic carbocycles. The minimum absolute atomic E-state index is 0.560. The van der Waals surface area contributed by atoms with E-state index in [4.69, 9.17) is 0 Å². The molecule has 3 rings (SSSR count). The maximum absolute atomic E-state index is 3.66. The summed E-state index contributed by atoms with van der Waals surface area (Å²) in [5, 5.41) is 7.21. The van der Waals surface area contributed by atoms with Gasteiger partial charge in [-0.1, -0.05) is 61.9 Å². The fourth-order valence-corrected chi connectivity index (χ4v) is 3.49. The molecule has 0 aliphatic rings. The Morgan fingerprint density at radius 2 is 1.44 bits per heavy atom. The summed E-state index contributed by atoms with van der Waals surface area (Å²) in [6.07, 6.45) is 0. The molecule has 0 saturated heterocycles. The van der Waals surface area contributed by atoms with Gasteiger partial charge in [0.15, 0.2) is 0 Å². The molecule has 0 amide bonds. The van der Waals surface area contributed by atoms with Crippen molar-refractivity contribution in [3.63, 3.8) is 0 Å². The molecule has 0 bridgehead atoms. The summed E-state index contributed by atoms with van der Waals surface area (Å²) >= 11 is 0. The van der Waals surface area contributed by atoms with E-state index in [1.54, 1.807) is 0 Å². The highest BCUT2D eigenvalue weighted by atomic mass is 14.9. The van der Waals surface area contributed by atoms with Gasteiger partial charge in [0.25, 0.3) is 0 Å². The highest BCUT2D eigenvalue weighted by Crippen LogP contribution is 2.28. The van der Waals surface area contributed by atoms with Crippen LogP contribution in [0, 0.1) is 20.8 Å². The molecular formula is C25H30N2. The van der Waals surface area contributed by atoms with E-state index in [0.29, 0.717) is 5.92 Å². The van der Waals surface area contributed by atoms with Crippen molar-refractivity contribution in [1.82, 2.24) is 0 Å². The SMILES string of the molecule is Cc1cc(C)c(Nc2ccccc2CNc2ccc(C(C)C)cc2)c(C)c1. The van der Waals surface area contributed by atoms with Crippen LogP contribution in [0.3, 0.4) is 0 Å². The van der Waals surface area contributed by atoms with E-state index in [-0.39, 0.29) is 0 Å². The first kappa shape index (κ1) is 19.0. The van der Waals surface area contributed by atoms with Crippen LogP contribution >= 0.6 is 0 Å². The summed E-state index contributed by atoms with van der Waals surface area (Å²) in [4.78, 5) is 0. The molecule has 140 valence electrons. The van der Waals surface area contributed by atoms with E-state index >= 15 is 0 Å². The molecule has 0 atom stereocenters. The van der Waals surface area contributed by atoms with Gasteiger partial charge in [0, 0.05) is 23.6 Å². The largest absolute Gasteiger partial charge is 0.381 e. The van der Waals surface area contributed by atoms with Crippen LogP contribution in [0.5, 0.6) is 0 Å². The average molecular weight is 359 g/mol. The fraction of sp³-hybridized carbons (Fsp3) is 0.280. The Hall–Kier alpha value is -2.74. The van der Waals surface area contributed by atoms with E-state index < -0.39 is 0 Å². The number of rotatable bonds is 6. The molecule has 27 heavy (non-hydrogen) atoms. The van der Waals surface area contributed by atoms with Crippen LogP contribution in [-0.2, 0) is 6.54 Å². The van der Waals surface area contributed by atoms with Gasteiger partial charge in [-0.3, -0.25) is 0 Å². The summed E-state index contributed by atoms with van der Waals surface area (Å²) < 4.78 is 0. The molecule has 0 fully saturated rings. The third kappa shape index (κ3) is 4.71. The van der Waals surface area contributed by atoms with Crippen molar-refractivity contribution in [3.8, 4) is 0 Å². The lowest BCUT2D eigenvalue weighted by molar-refractivity contribution is 0.867. The smallest absolute Gasteiger partial charge is 0.0443 e. The number of hydrogen-bond donors (Lipinski definition) is 2. The van der Waals surface area contributed by atoms with Gasteiger partial charge in [-0.15, -0.1) is 0 Å². The molecule has 0 aromatic heterocycles. The molecule has 0 unspecified atom stereocenters. The van der Waals surface area contributed by atoms with Crippen molar-refractivity contribution in [3.05, 3.63) is 88.5 Å². The van der Waals surface area contributed by atoms with Gasteiger partial charge in [0.1, 0.15) is 0 Å². The summed E-state index contributed by atoms with van der Waals surface area (Å²) in [6, 6.07) is 21.7. The molecule has 0 radical (unpaired) electrons. The minimum atomic E-state index is 0.560. The maximum Gasteiger partial charge on any atom is 0.0443 e. The molecule has 0 saturated carbocycles. The summed E-state index contributed by atoms with van der Waals surface area (Å²) in [5.41, 5.74) is 9.98. The molecule has 0 aliphatic heterocycles. The maximum atomic E-state index is 3.66. The molecule has 0 aliphatic carbocycles. The van der Waals surface area contributed by atoms with E-state index in [1.165, 1.54) is 33.5 Å². The topological polar surface area (TPSA) is 24.1 Å². The van der Waals surface area contributed by atoms with Crippen LogP contribution in [0.15, 0.2) is 60.7 Å². The number of nitrogens with one attached hydrogen (secondary N) is 2. The highest BCUT2D eigenvalue weighted by molar-refractivity contribution is 5.69. The second-order valence-electron chi connectivity index (χ2n) is 7.69. The van der Waals surface area contributed by atoms with Gasteiger partial charge in [-0.05, 0) is 67.1 Å². The van der Waals surface area contributed by atoms with Gasteiger partial charge in [0.05, 0.1) is 0 Å². The Labute approximate surface area is 163 Å². The zero-order chi connectivity index (χ0) is 19.4. The first-order chi connectivity index (χ1) is 12.9. The number of anilines is 3. The van der Waals surface area contributed by atoms with Crippen LogP contribution in [0.1, 0.15) is 47.6 Å². The molecule has 0 spiro atoms. The predicted molar refractivity (Wildman–Crippen MR) is 118 cm³/mol. The van der Waals surface area contributed by atoms with Crippen molar-refractivity contribution in [1.29, 1.82) is 0 Å². The van der Waals surface area contributed by atoms with Crippen LogP contribution in [-0.4, -0.2) is 0 Å². The van der Waals surface area contributed by atoms with Gasteiger partial charge in [-0.2, -0.15) is 0 Å². The normalized spacial score (nSPS) is 10.9. The number of para-hydroxylation sites is 1. The van der Waals surface area contributed by atoms with Crippen LogP contribution in [0.25, 0.3) is 0 Å². The Kier molecular flexibility index (Phi) is 5.85. The van der Waals surface area contributed by atoms with Gasteiger partial charge in [-0.25, -0.2) is 0 Å². The van der Waals surface area contributed by atoms with E-state index in [9.17, 15) is 0 Å². The zero-order valence-corrected chi connectivity index (χ0v) is 17.1. The van der Waals surface area contributed by atoms with Gasteiger partial charge < -0.3 is 10.6 Å². The number of benzene rings is 3. The number of hydrogen-bond acceptors (Lipinski definition) is 2. The Morgan fingerprint density at radius 3 is 2.07 bits per heavy atom. The monoisotopic (exact) mass is 358 g/mol. The van der Waals surface area contributed by atoms with E-state index in [0.717, 1.165) is 17.9 Å². The van der Waals surface area contributed by atoms with Crippen molar-refractivity contribution in [2.75, 3.05) is 10.6 Å². The lowest BCUT2D eigenvalue weighted by Crippen LogP contribution is -2.05. The second-order valence-corrected chi connectivity index (χ2v) is 7.69. The summed E-state index contributed by atoms with van der Waals surface area (Å²) in [7, 11) is 0. The van der Waals surface area contributed by atoms with Crippen LogP contribution < -0.4 is 10.6 Å². The highest BCUT2D eigenvalue weighted by Gasteiger charge is 2.08. The molecule has 3 aromatic rings. The van der Waals surface area contributed by atoms with Crippen molar-refractivity contribution in [2.24, 2.45) is 0 Å². The van der Waals surface area contributed by atoms with Crippen molar-refractivity contribution < 1.29 is 0 Å². The van der Waals surface area contributed by atoms with Crippen LogP contribution in [0.4, 0.5) is 17.1 Å². The average Bonchev–Trinajstić information content (AvgIpc) is 2.64. The summed E-state index contributed by atoms with van der Waals surface area (Å²) in [5.74, 6) is 0.560. The molecule has 2 N–H and O–H groups in total. The first-order valence-electron chi connectivity index (χ1n) is 9.70. The predicted octanol–water partition coefficient (Wildman–Crippen LogP) is 7.09. The first-order valence-corrected chi connectivity index (χ1v) is 9.70. The molecule has 0 heterocycles. The summed E-state index contributed by atoms with van der Waals surface area (Å²) in [6.45, 7) is 11.7. The third-order valence-electron chi connectivity index (χ3n) is 5.01. The Bertz CT molecular complexity index is 885. The van der Waals surface area contributed by atoms with Gasteiger partial charge >= 0.3 is 0 Å². The van der Waals surface area contributed by atoms with Crippen molar-refractivity contribution in [2.45, 2.75) is 47.1 Å². The second kappa shape index (κ2) is 8.30. The minimum Gasteiger partial charge on any atom is -0.381 e. The molecular weight excluding hydrogens is 328 g/mol. The van der Waals surface area contributed by atoms with E-state index in [2.05, 4.69) is 106 Å². The lowest BCUT2D eigenvalue weighted by atomic mass is 10.0. The number of aryl methyl sites for hydroxylation is 3. The lowest BCUT2D eigenvalue weighted by Gasteiger charge is -2.17. The van der Waals surface area contributed by atoms with Crippen LogP contribution in [0.2, 0.25) is 0 Å². The standard InChI is InChI=1S/C25H30N2/c1-17(2)21-10-12-23(13-11-21)26-16-22-8-6-7-9-24(22)27-25-19(4)14-18(3)15-20(25)5/h6-15,17,26-27H,16H2,1-5H3. The van der Waals surface area contributed by atoms with E-state index in [1.807, 2.05) is 0 Å². The van der Waals surface area contributed by atoms with Crippen molar-refractivity contribution >= 4 is 17.1 Å². The zero-order valence-electron chi connectivity index (χ0n) is 17.1.